The molecule has 3 aromatic rings. The van der Waals surface area contributed by atoms with E-state index in [0.29, 0.717) is 23.6 Å². The number of carbonyl (C=O) groups excluding carboxylic acids is 1. The van der Waals surface area contributed by atoms with Gasteiger partial charge >= 0.3 is 0 Å². The highest BCUT2D eigenvalue weighted by atomic mass is 79.9. The Labute approximate surface area is 155 Å². The van der Waals surface area contributed by atoms with Crippen molar-refractivity contribution in [3.05, 3.63) is 94.0 Å². The van der Waals surface area contributed by atoms with Crippen LogP contribution in [0.1, 0.15) is 21.5 Å². The van der Waals surface area contributed by atoms with Gasteiger partial charge in [0.15, 0.2) is 0 Å². The first-order chi connectivity index (χ1) is 12.1. The lowest BCUT2D eigenvalue weighted by molar-refractivity contribution is 0.102. The molecule has 0 aromatic heterocycles. The summed E-state index contributed by atoms with van der Waals surface area (Å²) in [7, 11) is 0. The molecule has 0 atom stereocenters. The average Bonchev–Trinajstić information content (AvgIpc) is 2.63. The third kappa shape index (κ3) is 4.70. The highest BCUT2D eigenvalue weighted by Gasteiger charge is 2.08. The minimum atomic E-state index is -0.152. The van der Waals surface area contributed by atoms with E-state index in [0.717, 1.165) is 15.6 Å². The van der Waals surface area contributed by atoms with Gasteiger partial charge in [-0.1, -0.05) is 58.4 Å². The predicted octanol–water partition coefficient (Wildman–Crippen LogP) is 5.59. The molecule has 0 saturated heterocycles. The van der Waals surface area contributed by atoms with E-state index in [2.05, 4.69) is 21.2 Å². The van der Waals surface area contributed by atoms with Crippen LogP contribution in [0.4, 0.5) is 5.69 Å². The van der Waals surface area contributed by atoms with Crippen molar-refractivity contribution in [3.63, 3.8) is 0 Å². The summed E-state index contributed by atoms with van der Waals surface area (Å²) in [6.45, 7) is 2.47. The van der Waals surface area contributed by atoms with Gasteiger partial charge in [0, 0.05) is 21.8 Å². The molecule has 0 aliphatic carbocycles. The molecule has 0 aliphatic heterocycles. The van der Waals surface area contributed by atoms with Gasteiger partial charge in [0.1, 0.15) is 12.4 Å². The fourth-order valence-electron chi connectivity index (χ4n) is 2.34. The van der Waals surface area contributed by atoms with E-state index >= 15 is 0 Å². The van der Waals surface area contributed by atoms with Crippen molar-refractivity contribution in [3.8, 4) is 5.75 Å². The Hall–Kier alpha value is -2.59. The predicted molar refractivity (Wildman–Crippen MR) is 104 cm³/mol. The van der Waals surface area contributed by atoms with Gasteiger partial charge in [-0.2, -0.15) is 0 Å². The molecule has 0 unspecified atom stereocenters. The molecule has 1 N–H and O–H groups in total. The van der Waals surface area contributed by atoms with E-state index in [-0.39, 0.29) is 5.91 Å². The summed E-state index contributed by atoms with van der Waals surface area (Å²) in [4.78, 5) is 12.4. The van der Waals surface area contributed by atoms with E-state index in [1.54, 1.807) is 0 Å². The molecule has 0 aliphatic rings. The number of anilines is 1. The quantitative estimate of drug-likeness (QED) is 0.611. The fraction of sp³-hybridized carbons (Fsp3) is 0.0952. The van der Waals surface area contributed by atoms with Crippen molar-refractivity contribution < 1.29 is 9.53 Å². The molecule has 0 spiro atoms. The molecule has 0 bridgehead atoms. The number of amides is 1. The second-order valence-electron chi connectivity index (χ2n) is 5.72. The monoisotopic (exact) mass is 395 g/mol. The van der Waals surface area contributed by atoms with Crippen molar-refractivity contribution in [1.29, 1.82) is 0 Å². The van der Waals surface area contributed by atoms with Gasteiger partial charge in [0.05, 0.1) is 0 Å². The fourth-order valence-corrected chi connectivity index (χ4v) is 2.72. The minimum Gasteiger partial charge on any atom is -0.489 e. The van der Waals surface area contributed by atoms with Crippen LogP contribution in [0.2, 0.25) is 0 Å². The van der Waals surface area contributed by atoms with Crippen LogP contribution in [-0.2, 0) is 6.61 Å². The molecular formula is C21H18BrNO2. The summed E-state index contributed by atoms with van der Waals surface area (Å²) < 4.78 is 6.71. The summed E-state index contributed by atoms with van der Waals surface area (Å²) in [5.41, 5.74) is 3.50. The van der Waals surface area contributed by atoms with Crippen LogP contribution in [0.5, 0.6) is 5.75 Å². The molecule has 3 aromatic carbocycles. The standard InChI is InChI=1S/C21H18BrNO2/c1-15-10-11-17(12-20(15)22)21(24)23-18-8-5-9-19(13-18)25-14-16-6-3-2-4-7-16/h2-13H,14H2,1H3,(H,23,24). The molecule has 0 heterocycles. The second-order valence-corrected chi connectivity index (χ2v) is 6.57. The topological polar surface area (TPSA) is 38.3 Å². The van der Waals surface area contributed by atoms with Gasteiger partial charge in [-0.15, -0.1) is 0 Å². The van der Waals surface area contributed by atoms with Crippen LogP contribution in [0.25, 0.3) is 0 Å². The van der Waals surface area contributed by atoms with E-state index < -0.39 is 0 Å². The Kier molecular flexibility index (Phi) is 5.51. The summed E-state index contributed by atoms with van der Waals surface area (Å²) >= 11 is 3.45. The summed E-state index contributed by atoms with van der Waals surface area (Å²) in [5.74, 6) is 0.563. The Bertz CT molecular complexity index is 878. The SMILES string of the molecule is Cc1ccc(C(=O)Nc2cccc(OCc3ccccc3)c2)cc1Br. The Morgan fingerprint density at radius 2 is 1.80 bits per heavy atom. The van der Waals surface area contributed by atoms with Gasteiger partial charge in [0.25, 0.3) is 5.91 Å². The van der Waals surface area contributed by atoms with Crippen molar-refractivity contribution in [2.45, 2.75) is 13.5 Å². The van der Waals surface area contributed by atoms with Gasteiger partial charge in [0.2, 0.25) is 0 Å². The molecule has 3 nitrogen and oxygen atoms in total. The first-order valence-corrected chi connectivity index (χ1v) is 8.75. The van der Waals surface area contributed by atoms with Crippen LogP contribution < -0.4 is 10.1 Å². The van der Waals surface area contributed by atoms with Gasteiger partial charge < -0.3 is 10.1 Å². The zero-order valence-corrected chi connectivity index (χ0v) is 15.4. The molecule has 126 valence electrons. The number of nitrogens with one attached hydrogen (secondary N) is 1. The number of carbonyl (C=O) groups is 1. The van der Waals surface area contributed by atoms with Crippen LogP contribution in [0.3, 0.4) is 0 Å². The molecular weight excluding hydrogens is 378 g/mol. The highest BCUT2D eigenvalue weighted by Crippen LogP contribution is 2.21. The van der Waals surface area contributed by atoms with Gasteiger partial charge in [-0.3, -0.25) is 4.79 Å². The van der Waals surface area contributed by atoms with Crippen molar-refractivity contribution in [1.82, 2.24) is 0 Å². The summed E-state index contributed by atoms with van der Waals surface area (Å²) in [6.07, 6.45) is 0. The molecule has 4 heteroatoms. The van der Waals surface area contributed by atoms with Crippen molar-refractivity contribution in [2.24, 2.45) is 0 Å². The van der Waals surface area contributed by atoms with Gasteiger partial charge in [-0.25, -0.2) is 0 Å². The number of halogens is 1. The smallest absolute Gasteiger partial charge is 0.255 e. The van der Waals surface area contributed by atoms with Crippen molar-refractivity contribution >= 4 is 27.5 Å². The number of rotatable bonds is 5. The zero-order valence-electron chi connectivity index (χ0n) is 13.8. The highest BCUT2D eigenvalue weighted by molar-refractivity contribution is 9.10. The molecule has 0 radical (unpaired) electrons. The summed E-state index contributed by atoms with van der Waals surface area (Å²) in [5, 5.41) is 2.90. The van der Waals surface area contributed by atoms with E-state index in [9.17, 15) is 4.79 Å². The maximum Gasteiger partial charge on any atom is 0.255 e. The number of ether oxygens (including phenoxy) is 1. The van der Waals surface area contributed by atoms with Gasteiger partial charge in [-0.05, 0) is 42.3 Å². The largest absolute Gasteiger partial charge is 0.489 e. The van der Waals surface area contributed by atoms with E-state index in [1.165, 1.54) is 0 Å². The number of hydrogen-bond acceptors (Lipinski definition) is 2. The van der Waals surface area contributed by atoms with Crippen molar-refractivity contribution in [2.75, 3.05) is 5.32 Å². The van der Waals surface area contributed by atoms with Crippen LogP contribution >= 0.6 is 15.9 Å². The third-order valence-corrected chi connectivity index (χ3v) is 4.63. The maximum absolute atomic E-state index is 12.4. The first-order valence-electron chi connectivity index (χ1n) is 7.96. The average molecular weight is 396 g/mol. The number of hydrogen-bond donors (Lipinski definition) is 1. The molecule has 0 saturated carbocycles. The lowest BCUT2D eigenvalue weighted by atomic mass is 10.1. The van der Waals surface area contributed by atoms with E-state index in [1.807, 2.05) is 79.7 Å². The Morgan fingerprint density at radius 3 is 2.56 bits per heavy atom. The lowest BCUT2D eigenvalue weighted by Crippen LogP contribution is -2.12. The van der Waals surface area contributed by atoms with Crippen LogP contribution in [-0.4, -0.2) is 5.91 Å². The summed E-state index contributed by atoms with van der Waals surface area (Å²) in [6, 6.07) is 22.9. The normalized spacial score (nSPS) is 10.3. The van der Waals surface area contributed by atoms with E-state index in [4.69, 9.17) is 4.74 Å². The van der Waals surface area contributed by atoms with Crippen LogP contribution in [0.15, 0.2) is 77.3 Å². The molecule has 25 heavy (non-hydrogen) atoms. The number of benzene rings is 3. The Balaban J connectivity index is 1.66. The maximum atomic E-state index is 12.4. The number of aryl methyl sites for hydroxylation is 1. The molecule has 0 fully saturated rings. The lowest BCUT2D eigenvalue weighted by Gasteiger charge is -2.10. The third-order valence-electron chi connectivity index (χ3n) is 3.77. The zero-order chi connectivity index (χ0) is 17.6. The molecule has 3 rings (SSSR count). The van der Waals surface area contributed by atoms with Crippen LogP contribution in [0, 0.1) is 6.92 Å². The minimum absolute atomic E-state index is 0.152. The first kappa shape index (κ1) is 17.2. The molecule has 1 amide bonds. The Morgan fingerprint density at radius 1 is 1.00 bits per heavy atom. The second kappa shape index (κ2) is 7.99.